The van der Waals surface area contributed by atoms with Gasteiger partial charge in [-0.3, -0.25) is 4.79 Å². The number of amides is 2. The molecule has 2 amide bonds. The van der Waals surface area contributed by atoms with Crippen molar-refractivity contribution in [3.8, 4) is 0 Å². The number of anilines is 1. The van der Waals surface area contributed by atoms with Crippen molar-refractivity contribution < 1.29 is 14.7 Å². The molecule has 0 aliphatic carbocycles. The SMILES string of the molecule is CC(C)(CNC(=O)O)c1ccc2c(c1)CCC(=O)N2. The molecular weight excluding hydrogens is 244 g/mol. The van der Waals surface area contributed by atoms with Gasteiger partial charge in [0.05, 0.1) is 0 Å². The molecule has 0 bridgehead atoms. The molecule has 1 aromatic carbocycles. The number of carbonyl (C=O) groups is 2. The van der Waals surface area contributed by atoms with Gasteiger partial charge in [-0.05, 0) is 23.6 Å². The van der Waals surface area contributed by atoms with Crippen molar-refractivity contribution in [1.29, 1.82) is 0 Å². The third-order valence-corrected chi connectivity index (χ3v) is 3.46. The summed E-state index contributed by atoms with van der Waals surface area (Å²) >= 11 is 0. The third kappa shape index (κ3) is 3.05. The van der Waals surface area contributed by atoms with E-state index < -0.39 is 6.09 Å². The molecule has 5 nitrogen and oxygen atoms in total. The fourth-order valence-corrected chi connectivity index (χ4v) is 2.20. The van der Waals surface area contributed by atoms with Crippen molar-refractivity contribution in [1.82, 2.24) is 5.32 Å². The Morgan fingerprint density at radius 1 is 1.42 bits per heavy atom. The van der Waals surface area contributed by atoms with E-state index in [2.05, 4.69) is 16.7 Å². The Morgan fingerprint density at radius 3 is 2.84 bits per heavy atom. The molecule has 0 aromatic heterocycles. The van der Waals surface area contributed by atoms with E-state index in [1.807, 2.05) is 26.0 Å². The van der Waals surface area contributed by atoms with Crippen LogP contribution in [-0.2, 0) is 16.6 Å². The summed E-state index contributed by atoms with van der Waals surface area (Å²) in [5, 5.41) is 13.9. The van der Waals surface area contributed by atoms with Gasteiger partial charge in [0.25, 0.3) is 0 Å². The van der Waals surface area contributed by atoms with E-state index >= 15 is 0 Å². The van der Waals surface area contributed by atoms with Gasteiger partial charge < -0.3 is 15.7 Å². The van der Waals surface area contributed by atoms with Crippen LogP contribution in [0.2, 0.25) is 0 Å². The lowest BCUT2D eigenvalue weighted by Gasteiger charge is -2.27. The van der Waals surface area contributed by atoms with E-state index in [0.717, 1.165) is 23.2 Å². The summed E-state index contributed by atoms with van der Waals surface area (Å²) in [5.41, 5.74) is 2.76. The lowest BCUT2D eigenvalue weighted by Crippen LogP contribution is -2.36. The Kier molecular flexibility index (Phi) is 3.46. The number of hydrogen-bond acceptors (Lipinski definition) is 2. The minimum atomic E-state index is -1.02. The van der Waals surface area contributed by atoms with Gasteiger partial charge in [-0.25, -0.2) is 4.79 Å². The largest absolute Gasteiger partial charge is 0.465 e. The Balaban J connectivity index is 2.21. The Bertz CT molecular complexity index is 523. The average Bonchev–Trinajstić information content (AvgIpc) is 2.36. The first-order valence-electron chi connectivity index (χ1n) is 6.28. The number of carboxylic acid groups (broad SMARTS) is 1. The molecule has 1 heterocycles. The van der Waals surface area contributed by atoms with Crippen LogP contribution in [0.5, 0.6) is 0 Å². The zero-order valence-electron chi connectivity index (χ0n) is 11.1. The van der Waals surface area contributed by atoms with Crippen LogP contribution in [0.3, 0.4) is 0 Å². The highest BCUT2D eigenvalue weighted by Crippen LogP contribution is 2.29. The zero-order valence-corrected chi connectivity index (χ0v) is 11.1. The summed E-state index contributed by atoms with van der Waals surface area (Å²) in [6, 6.07) is 5.89. The summed E-state index contributed by atoms with van der Waals surface area (Å²) in [5.74, 6) is 0.0482. The van der Waals surface area contributed by atoms with Crippen LogP contribution in [0.15, 0.2) is 18.2 Å². The molecule has 0 saturated carbocycles. The molecule has 2 rings (SSSR count). The van der Waals surface area contributed by atoms with Crippen molar-refractivity contribution in [2.75, 3.05) is 11.9 Å². The zero-order chi connectivity index (χ0) is 14.0. The Morgan fingerprint density at radius 2 is 2.16 bits per heavy atom. The Hall–Kier alpha value is -2.04. The highest BCUT2D eigenvalue weighted by Gasteiger charge is 2.23. The standard InChI is InChI=1S/C14H18N2O3/c1-14(2,8-15-13(18)19)10-4-5-11-9(7-10)3-6-12(17)16-11/h4-5,7,15H,3,6,8H2,1-2H3,(H,16,17)(H,18,19). The molecule has 0 radical (unpaired) electrons. The van der Waals surface area contributed by atoms with Gasteiger partial charge >= 0.3 is 6.09 Å². The summed E-state index contributed by atoms with van der Waals surface area (Å²) in [6.07, 6.45) is 0.222. The van der Waals surface area contributed by atoms with Gasteiger partial charge in [0.1, 0.15) is 0 Å². The smallest absolute Gasteiger partial charge is 0.404 e. The van der Waals surface area contributed by atoms with Crippen molar-refractivity contribution in [3.05, 3.63) is 29.3 Å². The van der Waals surface area contributed by atoms with E-state index in [0.29, 0.717) is 13.0 Å². The number of fused-ring (bicyclic) bond motifs is 1. The van der Waals surface area contributed by atoms with Crippen LogP contribution in [0.1, 0.15) is 31.4 Å². The molecule has 0 unspecified atom stereocenters. The molecule has 0 spiro atoms. The van der Waals surface area contributed by atoms with E-state index in [-0.39, 0.29) is 11.3 Å². The van der Waals surface area contributed by atoms with Crippen LogP contribution >= 0.6 is 0 Å². The first kappa shape index (κ1) is 13.4. The average molecular weight is 262 g/mol. The lowest BCUT2D eigenvalue weighted by atomic mass is 9.82. The van der Waals surface area contributed by atoms with Gasteiger partial charge in [0.15, 0.2) is 0 Å². The minimum absolute atomic E-state index is 0.0482. The predicted octanol–water partition coefficient (Wildman–Crippen LogP) is 2.12. The van der Waals surface area contributed by atoms with Crippen LogP contribution in [0.25, 0.3) is 0 Å². The van der Waals surface area contributed by atoms with Gasteiger partial charge in [0.2, 0.25) is 5.91 Å². The van der Waals surface area contributed by atoms with Gasteiger partial charge in [0, 0.05) is 24.1 Å². The number of hydrogen-bond donors (Lipinski definition) is 3. The normalized spacial score (nSPS) is 14.5. The van der Waals surface area contributed by atoms with E-state index in [9.17, 15) is 9.59 Å². The van der Waals surface area contributed by atoms with E-state index in [1.165, 1.54) is 0 Å². The molecule has 0 fully saturated rings. The topological polar surface area (TPSA) is 78.4 Å². The number of benzene rings is 1. The molecule has 1 aromatic rings. The lowest BCUT2D eigenvalue weighted by molar-refractivity contribution is -0.116. The highest BCUT2D eigenvalue weighted by atomic mass is 16.4. The fourth-order valence-electron chi connectivity index (χ4n) is 2.20. The second-order valence-corrected chi connectivity index (χ2v) is 5.46. The summed E-state index contributed by atoms with van der Waals surface area (Å²) in [7, 11) is 0. The number of carbonyl (C=O) groups excluding carboxylic acids is 1. The molecule has 0 saturated heterocycles. The van der Waals surface area contributed by atoms with Crippen LogP contribution in [0, 0.1) is 0 Å². The first-order chi connectivity index (χ1) is 8.88. The molecule has 102 valence electrons. The van der Waals surface area contributed by atoms with Crippen molar-refractivity contribution in [2.45, 2.75) is 32.1 Å². The maximum atomic E-state index is 11.3. The highest BCUT2D eigenvalue weighted by molar-refractivity contribution is 5.93. The number of nitrogens with one attached hydrogen (secondary N) is 2. The Labute approximate surface area is 112 Å². The van der Waals surface area contributed by atoms with Crippen LogP contribution < -0.4 is 10.6 Å². The van der Waals surface area contributed by atoms with Crippen molar-refractivity contribution >= 4 is 17.7 Å². The fraction of sp³-hybridized carbons (Fsp3) is 0.429. The molecule has 19 heavy (non-hydrogen) atoms. The first-order valence-corrected chi connectivity index (χ1v) is 6.28. The summed E-state index contributed by atoms with van der Waals surface area (Å²) in [6.45, 7) is 4.34. The monoisotopic (exact) mass is 262 g/mol. The maximum Gasteiger partial charge on any atom is 0.404 e. The summed E-state index contributed by atoms with van der Waals surface area (Å²) < 4.78 is 0. The number of aryl methyl sites for hydroxylation is 1. The molecule has 1 aliphatic rings. The van der Waals surface area contributed by atoms with Crippen LogP contribution in [0.4, 0.5) is 10.5 Å². The molecular formula is C14H18N2O3. The molecule has 5 heteroatoms. The third-order valence-electron chi connectivity index (χ3n) is 3.46. The second-order valence-electron chi connectivity index (χ2n) is 5.46. The van der Waals surface area contributed by atoms with E-state index in [1.54, 1.807) is 0 Å². The van der Waals surface area contributed by atoms with Crippen molar-refractivity contribution in [3.63, 3.8) is 0 Å². The quantitative estimate of drug-likeness (QED) is 0.780. The second kappa shape index (κ2) is 4.91. The van der Waals surface area contributed by atoms with E-state index in [4.69, 9.17) is 5.11 Å². The number of rotatable bonds is 3. The minimum Gasteiger partial charge on any atom is -0.465 e. The van der Waals surface area contributed by atoms with Gasteiger partial charge in [-0.15, -0.1) is 0 Å². The molecule has 0 atom stereocenters. The van der Waals surface area contributed by atoms with Gasteiger partial charge in [-0.1, -0.05) is 26.0 Å². The van der Waals surface area contributed by atoms with Crippen LogP contribution in [-0.4, -0.2) is 23.7 Å². The summed E-state index contributed by atoms with van der Waals surface area (Å²) in [4.78, 5) is 21.9. The maximum absolute atomic E-state index is 11.3. The molecule has 1 aliphatic heterocycles. The van der Waals surface area contributed by atoms with Crippen molar-refractivity contribution in [2.24, 2.45) is 0 Å². The molecule has 3 N–H and O–H groups in total. The van der Waals surface area contributed by atoms with Gasteiger partial charge in [-0.2, -0.15) is 0 Å². The predicted molar refractivity (Wildman–Crippen MR) is 72.4 cm³/mol.